The Morgan fingerprint density at radius 3 is 1.54 bits per heavy atom. The van der Waals surface area contributed by atoms with Crippen molar-refractivity contribution in [1.82, 2.24) is 20.0 Å². The number of nitrogens with zero attached hydrogens (tertiary/aromatic N) is 3. The number of esters is 1. The minimum atomic E-state index is -0.935. The molecule has 0 aliphatic heterocycles. The lowest BCUT2D eigenvalue weighted by Gasteiger charge is -2.27. The number of carboxylic acid groups (broad SMARTS) is 1. The molecular formula is C47H68N4O16. The lowest BCUT2D eigenvalue weighted by Crippen LogP contribution is -2.47. The molecule has 0 aromatic heterocycles. The summed E-state index contributed by atoms with van der Waals surface area (Å²) in [5.41, 5.74) is 4.47. The Labute approximate surface area is 392 Å². The Balaban J connectivity index is 1.37. The summed E-state index contributed by atoms with van der Waals surface area (Å²) in [4.78, 5) is 78.5. The van der Waals surface area contributed by atoms with Crippen LogP contribution in [0, 0.1) is 0 Å². The van der Waals surface area contributed by atoms with Gasteiger partial charge in [0.05, 0.1) is 112 Å². The minimum absolute atomic E-state index is 0.0209. The van der Waals surface area contributed by atoms with E-state index in [9.17, 15) is 28.8 Å². The van der Waals surface area contributed by atoms with E-state index < -0.39 is 29.8 Å². The van der Waals surface area contributed by atoms with Crippen LogP contribution in [0.25, 0.3) is 11.1 Å². The van der Waals surface area contributed by atoms with E-state index in [0.717, 1.165) is 22.3 Å². The van der Waals surface area contributed by atoms with Crippen molar-refractivity contribution in [2.24, 2.45) is 0 Å². The van der Waals surface area contributed by atoms with Crippen molar-refractivity contribution in [3.63, 3.8) is 0 Å². The molecule has 2 N–H and O–H groups in total. The molecule has 1 aliphatic carbocycles. The monoisotopic (exact) mass is 944 g/mol. The maximum absolute atomic E-state index is 13.4. The molecule has 0 radical (unpaired) electrons. The average Bonchev–Trinajstić information content (AvgIpc) is 3.64. The van der Waals surface area contributed by atoms with Crippen LogP contribution in [0.4, 0.5) is 4.79 Å². The van der Waals surface area contributed by atoms with Crippen LogP contribution >= 0.6 is 0 Å². The molecule has 372 valence electrons. The first-order valence-corrected chi connectivity index (χ1v) is 22.4. The van der Waals surface area contributed by atoms with Crippen LogP contribution < -0.4 is 5.32 Å². The number of alkyl carbamates (subject to hydrolysis) is 1. The van der Waals surface area contributed by atoms with Gasteiger partial charge in [-0.15, -0.1) is 0 Å². The van der Waals surface area contributed by atoms with Crippen molar-refractivity contribution in [2.45, 2.75) is 25.2 Å². The number of hydrogen-bond acceptors (Lipinski definition) is 15. The molecule has 0 saturated carbocycles. The topological polar surface area (TPSA) is 227 Å². The summed E-state index contributed by atoms with van der Waals surface area (Å²) in [6.45, 7) is 6.70. The summed E-state index contributed by atoms with van der Waals surface area (Å²) in [5, 5.41) is 11.3. The van der Waals surface area contributed by atoms with Gasteiger partial charge in [0.25, 0.3) is 0 Å². The fraction of sp³-hybridized carbons (Fsp3) is 0.574. The highest BCUT2D eigenvalue weighted by Crippen LogP contribution is 2.44. The fourth-order valence-corrected chi connectivity index (χ4v) is 6.37. The molecule has 0 atom stereocenters. The predicted molar refractivity (Wildman–Crippen MR) is 243 cm³/mol. The first-order valence-electron chi connectivity index (χ1n) is 22.4. The molecule has 0 bridgehead atoms. The van der Waals surface area contributed by atoms with Gasteiger partial charge in [0.2, 0.25) is 17.7 Å². The third-order valence-electron chi connectivity index (χ3n) is 10.1. The number of rotatable bonds is 38. The molecule has 0 fully saturated rings. The van der Waals surface area contributed by atoms with Crippen molar-refractivity contribution in [3.8, 4) is 11.1 Å². The van der Waals surface area contributed by atoms with Crippen LogP contribution in [0.1, 0.15) is 36.3 Å². The Bertz CT molecular complexity index is 1770. The van der Waals surface area contributed by atoms with Gasteiger partial charge < -0.3 is 67.8 Å². The number of carbonyl (C=O) groups is 6. The second-order valence-electron chi connectivity index (χ2n) is 15.0. The summed E-state index contributed by atoms with van der Waals surface area (Å²) in [7, 11) is 3.14. The third-order valence-corrected chi connectivity index (χ3v) is 10.1. The first-order chi connectivity index (χ1) is 32.5. The van der Waals surface area contributed by atoms with Gasteiger partial charge in [-0.2, -0.15) is 0 Å². The van der Waals surface area contributed by atoms with Crippen LogP contribution in [0.2, 0.25) is 0 Å². The normalized spacial score (nSPS) is 11.6. The van der Waals surface area contributed by atoms with Gasteiger partial charge in [0.1, 0.15) is 26.3 Å². The van der Waals surface area contributed by atoms with Crippen molar-refractivity contribution in [2.75, 3.05) is 153 Å². The zero-order valence-electron chi connectivity index (χ0n) is 38.9. The van der Waals surface area contributed by atoms with Crippen LogP contribution in [0.5, 0.6) is 0 Å². The van der Waals surface area contributed by atoms with Gasteiger partial charge in [-0.1, -0.05) is 61.2 Å². The lowest BCUT2D eigenvalue weighted by molar-refractivity contribution is -0.145. The number of carboxylic acids is 1. The number of aliphatic carboxylic acids is 1. The van der Waals surface area contributed by atoms with E-state index in [4.69, 9.17) is 47.7 Å². The number of carbonyl (C=O) groups excluding carboxylic acids is 5. The van der Waals surface area contributed by atoms with Gasteiger partial charge in [-0.3, -0.25) is 24.0 Å². The molecule has 20 nitrogen and oxygen atoms in total. The highest BCUT2D eigenvalue weighted by Gasteiger charge is 2.29. The van der Waals surface area contributed by atoms with Crippen molar-refractivity contribution >= 4 is 35.8 Å². The third kappa shape index (κ3) is 23.2. The molecule has 67 heavy (non-hydrogen) atoms. The maximum atomic E-state index is 13.4. The average molecular weight is 945 g/mol. The van der Waals surface area contributed by atoms with Gasteiger partial charge in [0.15, 0.2) is 0 Å². The number of hydrogen-bond donors (Lipinski definition) is 2. The maximum Gasteiger partial charge on any atom is 0.407 e. The second-order valence-corrected chi connectivity index (χ2v) is 15.0. The van der Waals surface area contributed by atoms with Crippen LogP contribution in [-0.4, -0.2) is 208 Å². The van der Waals surface area contributed by atoms with Gasteiger partial charge >= 0.3 is 18.0 Å². The molecule has 0 unspecified atom stereocenters. The largest absolute Gasteiger partial charge is 0.481 e. The summed E-state index contributed by atoms with van der Waals surface area (Å²) in [5.74, 6) is -2.66. The lowest BCUT2D eigenvalue weighted by atomic mass is 9.98. The molecular weight excluding hydrogens is 877 g/mol. The number of amides is 4. The molecule has 0 heterocycles. The van der Waals surface area contributed by atoms with Crippen molar-refractivity contribution < 1.29 is 76.5 Å². The summed E-state index contributed by atoms with van der Waals surface area (Å²) in [6.07, 6.45) is 0.833. The molecule has 2 aromatic carbocycles. The summed E-state index contributed by atoms with van der Waals surface area (Å²) in [6, 6.07) is 16.1. The van der Waals surface area contributed by atoms with Crippen LogP contribution in [0.15, 0.2) is 61.2 Å². The number of ether oxygens (including phenoxy) is 9. The Morgan fingerprint density at radius 2 is 1.03 bits per heavy atom. The molecule has 20 heteroatoms. The quantitative estimate of drug-likeness (QED) is 0.0560. The Kier molecular flexibility index (Phi) is 28.3. The Morgan fingerprint density at radius 1 is 0.582 bits per heavy atom. The summed E-state index contributed by atoms with van der Waals surface area (Å²) >= 11 is 0. The molecule has 3 rings (SSSR count). The van der Waals surface area contributed by atoms with E-state index in [-0.39, 0.29) is 150 Å². The SMILES string of the molecule is C=CCOC(=O)CCOCCOCCOCCN(C)C(=O)CN(CC(=O)N(C)CCOCCOCCOCCC(=O)O)C(=O)CCOCCNC(=O)OCC1c2ccccc2-c2ccccc21. The van der Waals surface area contributed by atoms with E-state index in [0.29, 0.717) is 19.8 Å². The highest BCUT2D eigenvalue weighted by atomic mass is 16.6. The zero-order valence-corrected chi connectivity index (χ0v) is 38.9. The van der Waals surface area contributed by atoms with Gasteiger partial charge in [0, 0.05) is 39.6 Å². The van der Waals surface area contributed by atoms with Crippen LogP contribution in [-0.2, 0) is 66.6 Å². The second kappa shape index (κ2) is 33.9. The van der Waals surface area contributed by atoms with E-state index >= 15 is 0 Å². The minimum Gasteiger partial charge on any atom is -0.481 e. The van der Waals surface area contributed by atoms with E-state index in [1.807, 2.05) is 36.4 Å². The van der Waals surface area contributed by atoms with Gasteiger partial charge in [-0.25, -0.2) is 4.79 Å². The number of likely N-dealkylation sites (N-methyl/N-ethyl adjacent to an activating group) is 2. The van der Waals surface area contributed by atoms with Gasteiger partial charge in [-0.05, 0) is 22.3 Å². The predicted octanol–water partition coefficient (Wildman–Crippen LogP) is 2.37. The number of nitrogens with one attached hydrogen (secondary N) is 1. The first kappa shape index (κ1) is 55.8. The number of fused-ring (bicyclic) bond motifs is 3. The van der Waals surface area contributed by atoms with Crippen LogP contribution in [0.3, 0.4) is 0 Å². The Hall–Kier alpha value is -5.48. The molecule has 2 aromatic rings. The molecule has 0 saturated heterocycles. The zero-order chi connectivity index (χ0) is 48.5. The van der Waals surface area contributed by atoms with Crippen molar-refractivity contribution in [3.05, 3.63) is 72.3 Å². The van der Waals surface area contributed by atoms with E-state index in [1.165, 1.54) is 20.8 Å². The van der Waals surface area contributed by atoms with Crippen molar-refractivity contribution in [1.29, 1.82) is 0 Å². The fourth-order valence-electron chi connectivity index (χ4n) is 6.37. The summed E-state index contributed by atoms with van der Waals surface area (Å²) < 4.78 is 48.6. The standard InChI is InChI=1S/C47H68N4O16/c1-4-19-66-46(57)15-22-61-27-31-65-33-29-63-25-18-50(3)44(54)35-51(34-43(53)49(2)17-24-62-28-32-64-30-26-60-21-14-45(55)56)42(52)13-20-59-23-16-48-47(58)67-36-41-39-11-7-5-9-37(39)38-10-6-8-12-40(38)41/h4-12,41H,1,13-36H2,2-3H3,(H,48,58)(H,55,56). The molecule has 1 aliphatic rings. The van der Waals surface area contributed by atoms with E-state index in [2.05, 4.69) is 24.0 Å². The molecule has 4 amide bonds. The smallest absolute Gasteiger partial charge is 0.407 e. The van der Waals surface area contributed by atoms with E-state index in [1.54, 1.807) is 14.1 Å². The number of benzene rings is 2. The highest BCUT2D eigenvalue weighted by molar-refractivity contribution is 5.89. The molecule has 0 spiro atoms.